The van der Waals surface area contributed by atoms with Crippen molar-refractivity contribution in [1.29, 1.82) is 0 Å². The van der Waals surface area contributed by atoms with Crippen molar-refractivity contribution < 1.29 is 14.3 Å². The molecule has 0 aliphatic carbocycles. The van der Waals surface area contributed by atoms with Gasteiger partial charge in [-0.3, -0.25) is 5.10 Å². The fourth-order valence-electron chi connectivity index (χ4n) is 1.25. The Morgan fingerprint density at radius 1 is 1.57 bits per heavy atom. The summed E-state index contributed by atoms with van der Waals surface area (Å²) in [5, 5.41) is 15.5. The second-order valence-electron chi connectivity index (χ2n) is 2.69. The Balaban J connectivity index is 2.90. The van der Waals surface area contributed by atoms with Crippen LogP contribution in [0.4, 0.5) is 4.39 Å². The van der Waals surface area contributed by atoms with E-state index < -0.39 is 11.8 Å². The summed E-state index contributed by atoms with van der Waals surface area (Å²) < 4.78 is 13.4. The van der Waals surface area contributed by atoms with E-state index in [2.05, 4.69) is 26.1 Å². The highest BCUT2D eigenvalue weighted by Gasteiger charge is 2.15. The Morgan fingerprint density at radius 3 is 2.93 bits per heavy atom. The van der Waals surface area contributed by atoms with Crippen LogP contribution in [0.5, 0.6) is 0 Å². The summed E-state index contributed by atoms with van der Waals surface area (Å²) in [6.45, 7) is 0. The van der Waals surface area contributed by atoms with E-state index in [1.165, 1.54) is 6.07 Å². The first-order valence-corrected chi connectivity index (χ1v) is 4.45. The third-order valence-corrected chi connectivity index (χ3v) is 2.38. The third kappa shape index (κ3) is 1.27. The van der Waals surface area contributed by atoms with Crippen LogP contribution in [-0.4, -0.2) is 21.3 Å². The topological polar surface area (TPSA) is 66.0 Å². The SMILES string of the molecule is O=C(O)c1cc(F)cc2n[nH]c(Br)c12. The second-order valence-corrected chi connectivity index (χ2v) is 3.48. The number of carboxylic acid groups (broad SMARTS) is 1. The highest BCUT2D eigenvalue weighted by molar-refractivity contribution is 9.10. The predicted molar refractivity (Wildman–Crippen MR) is 50.7 cm³/mol. The van der Waals surface area contributed by atoms with Crippen molar-refractivity contribution in [3.8, 4) is 0 Å². The molecule has 0 saturated carbocycles. The van der Waals surface area contributed by atoms with Crippen molar-refractivity contribution in [3.05, 3.63) is 28.1 Å². The average molecular weight is 259 g/mol. The number of hydrogen-bond acceptors (Lipinski definition) is 2. The van der Waals surface area contributed by atoms with Crippen molar-refractivity contribution in [3.63, 3.8) is 0 Å². The van der Waals surface area contributed by atoms with E-state index in [4.69, 9.17) is 5.11 Å². The van der Waals surface area contributed by atoms with Crippen LogP contribution in [-0.2, 0) is 0 Å². The van der Waals surface area contributed by atoms with Gasteiger partial charge in [-0.1, -0.05) is 0 Å². The third-order valence-electron chi connectivity index (χ3n) is 1.81. The number of aromatic amines is 1. The average Bonchev–Trinajstić information content (AvgIpc) is 2.46. The Hall–Kier alpha value is -1.43. The first-order chi connectivity index (χ1) is 6.59. The predicted octanol–water partition coefficient (Wildman–Crippen LogP) is 2.16. The molecule has 6 heteroatoms. The molecule has 2 rings (SSSR count). The van der Waals surface area contributed by atoms with Gasteiger partial charge in [0.1, 0.15) is 10.4 Å². The van der Waals surface area contributed by atoms with Crippen molar-refractivity contribution in [2.24, 2.45) is 0 Å². The number of fused-ring (bicyclic) bond motifs is 1. The van der Waals surface area contributed by atoms with Crippen LogP contribution < -0.4 is 0 Å². The first-order valence-electron chi connectivity index (χ1n) is 3.66. The zero-order valence-electron chi connectivity index (χ0n) is 6.71. The van der Waals surface area contributed by atoms with Gasteiger partial charge in [0.25, 0.3) is 0 Å². The Labute approximate surface area is 85.9 Å². The number of H-pyrrole nitrogens is 1. The van der Waals surface area contributed by atoms with Gasteiger partial charge in [0.15, 0.2) is 0 Å². The molecule has 1 heterocycles. The maximum absolute atomic E-state index is 12.9. The van der Waals surface area contributed by atoms with Gasteiger partial charge >= 0.3 is 5.97 Å². The standard InChI is InChI=1S/C8H4BrFN2O2/c9-7-6-4(8(13)14)1-3(10)2-5(6)11-12-7/h1-2H,(H,11,12)(H,13,14). The number of nitrogens with one attached hydrogen (secondary N) is 1. The van der Waals surface area contributed by atoms with E-state index in [9.17, 15) is 9.18 Å². The lowest BCUT2D eigenvalue weighted by Gasteiger charge is -1.97. The number of benzene rings is 1. The van der Waals surface area contributed by atoms with E-state index >= 15 is 0 Å². The Morgan fingerprint density at radius 2 is 2.29 bits per heavy atom. The second kappa shape index (κ2) is 3.06. The molecule has 0 amide bonds. The number of aromatic nitrogens is 2. The summed E-state index contributed by atoms with van der Waals surface area (Å²) >= 11 is 3.11. The molecule has 0 radical (unpaired) electrons. The number of halogens is 2. The smallest absolute Gasteiger partial charge is 0.336 e. The Kier molecular flexibility index (Phi) is 1.99. The molecule has 0 aliphatic heterocycles. The minimum atomic E-state index is -1.18. The van der Waals surface area contributed by atoms with Crippen LogP contribution in [0.15, 0.2) is 16.7 Å². The molecule has 2 N–H and O–H groups in total. The van der Waals surface area contributed by atoms with Gasteiger partial charge in [-0.25, -0.2) is 9.18 Å². The summed E-state index contributed by atoms with van der Waals surface area (Å²) in [6, 6.07) is 2.13. The molecule has 2 aromatic rings. The van der Waals surface area contributed by atoms with E-state index in [1.807, 2.05) is 0 Å². The number of carbonyl (C=O) groups is 1. The summed E-state index contributed by atoms with van der Waals surface area (Å²) in [7, 11) is 0. The van der Waals surface area contributed by atoms with Gasteiger partial charge in [-0.2, -0.15) is 5.10 Å². The number of hydrogen-bond donors (Lipinski definition) is 2. The van der Waals surface area contributed by atoms with E-state index in [0.29, 0.717) is 9.99 Å². The van der Waals surface area contributed by atoms with E-state index in [-0.39, 0.29) is 11.1 Å². The van der Waals surface area contributed by atoms with Crippen LogP contribution in [0.2, 0.25) is 0 Å². The molecular weight excluding hydrogens is 255 g/mol. The van der Waals surface area contributed by atoms with Crippen LogP contribution in [0.3, 0.4) is 0 Å². The molecule has 72 valence electrons. The molecule has 14 heavy (non-hydrogen) atoms. The zero-order valence-corrected chi connectivity index (χ0v) is 8.30. The van der Waals surface area contributed by atoms with Gasteiger partial charge in [0.05, 0.1) is 11.1 Å². The van der Waals surface area contributed by atoms with Crippen molar-refractivity contribution in [2.45, 2.75) is 0 Å². The maximum Gasteiger partial charge on any atom is 0.336 e. The van der Waals surface area contributed by atoms with Crippen LogP contribution in [0.25, 0.3) is 10.9 Å². The minimum Gasteiger partial charge on any atom is -0.478 e. The van der Waals surface area contributed by atoms with Gasteiger partial charge in [0, 0.05) is 11.5 Å². The lowest BCUT2D eigenvalue weighted by atomic mass is 10.1. The normalized spacial score (nSPS) is 10.7. The quantitative estimate of drug-likeness (QED) is 0.824. The molecule has 0 atom stereocenters. The van der Waals surface area contributed by atoms with Gasteiger partial charge in [-0.15, -0.1) is 0 Å². The van der Waals surface area contributed by atoms with Gasteiger partial charge in [0.2, 0.25) is 0 Å². The van der Waals surface area contributed by atoms with Crippen molar-refractivity contribution in [1.82, 2.24) is 10.2 Å². The largest absolute Gasteiger partial charge is 0.478 e. The fraction of sp³-hybridized carbons (Fsp3) is 0. The molecule has 0 unspecified atom stereocenters. The lowest BCUT2D eigenvalue weighted by molar-refractivity contribution is 0.0698. The monoisotopic (exact) mass is 258 g/mol. The number of carboxylic acids is 1. The van der Waals surface area contributed by atoms with E-state index in [0.717, 1.165) is 6.07 Å². The van der Waals surface area contributed by atoms with Crippen LogP contribution in [0, 0.1) is 5.82 Å². The molecule has 0 saturated heterocycles. The number of rotatable bonds is 1. The zero-order chi connectivity index (χ0) is 10.3. The molecular formula is C8H4BrFN2O2. The number of aromatic carboxylic acids is 1. The minimum absolute atomic E-state index is 0.111. The molecule has 0 fully saturated rings. The molecule has 1 aromatic carbocycles. The number of nitrogens with zero attached hydrogens (tertiary/aromatic N) is 1. The Bertz CT molecular complexity index is 523. The van der Waals surface area contributed by atoms with Crippen LogP contribution in [0.1, 0.15) is 10.4 Å². The highest BCUT2D eigenvalue weighted by atomic mass is 79.9. The molecule has 0 aliphatic rings. The molecule has 0 spiro atoms. The summed E-state index contributed by atoms with van der Waals surface area (Å²) in [6.07, 6.45) is 0. The van der Waals surface area contributed by atoms with Gasteiger partial charge in [-0.05, 0) is 22.0 Å². The summed E-state index contributed by atoms with van der Waals surface area (Å²) in [5.74, 6) is -1.80. The van der Waals surface area contributed by atoms with Crippen molar-refractivity contribution >= 4 is 32.8 Å². The van der Waals surface area contributed by atoms with Crippen molar-refractivity contribution in [2.75, 3.05) is 0 Å². The van der Waals surface area contributed by atoms with Gasteiger partial charge < -0.3 is 5.11 Å². The van der Waals surface area contributed by atoms with E-state index in [1.54, 1.807) is 0 Å². The summed E-state index contributed by atoms with van der Waals surface area (Å²) in [5.41, 5.74) is 0.176. The lowest BCUT2D eigenvalue weighted by Crippen LogP contribution is -1.98. The maximum atomic E-state index is 12.9. The fourth-order valence-corrected chi connectivity index (χ4v) is 1.75. The summed E-state index contributed by atoms with van der Waals surface area (Å²) in [4.78, 5) is 10.8. The molecule has 1 aromatic heterocycles. The van der Waals surface area contributed by atoms with Crippen LogP contribution >= 0.6 is 15.9 Å². The molecule has 0 bridgehead atoms. The first kappa shape index (κ1) is 9.14. The molecule has 4 nitrogen and oxygen atoms in total. The highest BCUT2D eigenvalue weighted by Crippen LogP contribution is 2.25.